The van der Waals surface area contributed by atoms with E-state index >= 15 is 0 Å². The van der Waals surface area contributed by atoms with Crippen molar-refractivity contribution in [2.75, 3.05) is 5.32 Å². The minimum Gasteiger partial charge on any atom is -0.459 e. The molecule has 2 aromatic rings. The number of carbonyl (C=O) groups is 1. The Morgan fingerprint density at radius 3 is 2.81 bits per heavy atom. The molecular formula is C13H14N4O3S. The first-order valence-corrected chi connectivity index (χ1v) is 6.63. The van der Waals surface area contributed by atoms with Gasteiger partial charge >= 0.3 is 5.97 Å². The molecule has 0 saturated carbocycles. The van der Waals surface area contributed by atoms with Crippen LogP contribution in [0.4, 0.5) is 5.82 Å². The minimum atomic E-state index is -0.716. The van der Waals surface area contributed by atoms with Crippen LogP contribution in [-0.4, -0.2) is 27.2 Å². The van der Waals surface area contributed by atoms with Crippen LogP contribution in [0.3, 0.4) is 0 Å². The van der Waals surface area contributed by atoms with E-state index in [1.165, 1.54) is 0 Å². The summed E-state index contributed by atoms with van der Waals surface area (Å²) in [4.78, 5) is 25.8. The van der Waals surface area contributed by atoms with Crippen molar-refractivity contribution in [3.8, 4) is 0 Å². The van der Waals surface area contributed by atoms with Gasteiger partial charge in [-0.2, -0.15) is 0 Å². The molecule has 0 unspecified atom stereocenters. The van der Waals surface area contributed by atoms with Crippen LogP contribution < -0.4 is 10.9 Å². The van der Waals surface area contributed by atoms with E-state index in [4.69, 9.17) is 17.0 Å². The fraction of sp³-hybridized carbons (Fsp3) is 0.231. The second-order valence-corrected chi connectivity index (χ2v) is 4.72. The number of hydrogen-bond acceptors (Lipinski definition) is 6. The van der Waals surface area contributed by atoms with Gasteiger partial charge in [0, 0.05) is 0 Å². The Balaban J connectivity index is 1.93. The molecule has 0 radical (unpaired) electrons. The number of aromatic amines is 2. The lowest BCUT2D eigenvalue weighted by atomic mass is 10.2. The van der Waals surface area contributed by atoms with Crippen LogP contribution in [0, 0.1) is 4.77 Å². The number of carbonyl (C=O) groups excluding carboxylic acids is 1. The standard InChI is InChI=1S/C13H14N4O3S/c1-8(14-10-11(18)15-13(21)17-16-10)12(19)20-7-9-5-3-2-4-6-9/h2-6,8H,7H2,1H3,(H,14,16)(H2,15,17,18,21)/t8-/m1/s1. The van der Waals surface area contributed by atoms with Crippen molar-refractivity contribution in [2.45, 2.75) is 19.6 Å². The van der Waals surface area contributed by atoms with Gasteiger partial charge in [0.1, 0.15) is 12.6 Å². The quantitative estimate of drug-likeness (QED) is 0.570. The zero-order chi connectivity index (χ0) is 15.2. The molecule has 21 heavy (non-hydrogen) atoms. The zero-order valence-electron chi connectivity index (χ0n) is 11.3. The van der Waals surface area contributed by atoms with Crippen molar-refractivity contribution >= 4 is 24.0 Å². The van der Waals surface area contributed by atoms with Gasteiger partial charge in [0.2, 0.25) is 5.82 Å². The summed E-state index contributed by atoms with van der Waals surface area (Å²) >= 11 is 4.73. The van der Waals surface area contributed by atoms with Crippen LogP contribution in [0.25, 0.3) is 0 Å². The fourth-order valence-electron chi connectivity index (χ4n) is 1.56. The predicted octanol–water partition coefficient (Wildman–Crippen LogP) is 1.37. The van der Waals surface area contributed by atoms with Gasteiger partial charge in [0.15, 0.2) is 4.77 Å². The van der Waals surface area contributed by atoms with Crippen LogP contribution in [0.15, 0.2) is 35.1 Å². The Bertz CT molecular complexity index is 726. The van der Waals surface area contributed by atoms with E-state index in [9.17, 15) is 9.59 Å². The fourth-order valence-corrected chi connectivity index (χ4v) is 1.70. The number of nitrogens with zero attached hydrogens (tertiary/aromatic N) is 1. The Labute approximate surface area is 125 Å². The normalized spacial score (nSPS) is 11.7. The molecule has 0 aliphatic carbocycles. The summed E-state index contributed by atoms with van der Waals surface area (Å²) in [5.74, 6) is -0.504. The van der Waals surface area contributed by atoms with E-state index in [1.54, 1.807) is 6.92 Å². The number of ether oxygens (including phenoxy) is 1. The molecule has 8 heteroatoms. The smallest absolute Gasteiger partial charge is 0.328 e. The molecule has 1 heterocycles. The second kappa shape index (κ2) is 6.80. The van der Waals surface area contributed by atoms with Crippen LogP contribution in [0.2, 0.25) is 0 Å². The monoisotopic (exact) mass is 306 g/mol. The molecule has 1 aromatic heterocycles. The van der Waals surface area contributed by atoms with Crippen LogP contribution in [0.5, 0.6) is 0 Å². The zero-order valence-corrected chi connectivity index (χ0v) is 12.1. The molecule has 0 aliphatic rings. The lowest BCUT2D eigenvalue weighted by Crippen LogP contribution is -2.31. The maximum absolute atomic E-state index is 11.8. The van der Waals surface area contributed by atoms with E-state index in [0.29, 0.717) is 0 Å². The van der Waals surface area contributed by atoms with Crippen LogP contribution >= 0.6 is 12.2 Å². The maximum Gasteiger partial charge on any atom is 0.328 e. The van der Waals surface area contributed by atoms with E-state index in [1.807, 2.05) is 30.3 Å². The topological polar surface area (TPSA) is 99.9 Å². The number of benzene rings is 1. The Kier molecular flexibility index (Phi) is 4.83. The van der Waals surface area contributed by atoms with Gasteiger partial charge < -0.3 is 10.1 Å². The number of esters is 1. The van der Waals surface area contributed by atoms with Crippen molar-refractivity contribution < 1.29 is 9.53 Å². The highest BCUT2D eigenvalue weighted by Gasteiger charge is 2.16. The molecule has 0 fully saturated rings. The van der Waals surface area contributed by atoms with E-state index in [-0.39, 0.29) is 17.2 Å². The highest BCUT2D eigenvalue weighted by molar-refractivity contribution is 7.71. The number of anilines is 1. The molecule has 3 N–H and O–H groups in total. The molecule has 0 spiro atoms. The molecule has 1 aromatic carbocycles. The van der Waals surface area contributed by atoms with Crippen molar-refractivity contribution in [1.29, 1.82) is 0 Å². The van der Waals surface area contributed by atoms with E-state index in [0.717, 1.165) is 5.56 Å². The molecule has 7 nitrogen and oxygen atoms in total. The number of nitrogens with one attached hydrogen (secondary N) is 3. The lowest BCUT2D eigenvalue weighted by Gasteiger charge is -2.13. The SMILES string of the molecule is C[C@@H](Nc1n[nH]c(=S)[nH]c1=O)C(=O)OCc1ccccc1. The first-order chi connectivity index (χ1) is 10.1. The minimum absolute atomic E-state index is 0.0206. The van der Waals surface area contributed by atoms with Gasteiger partial charge in [-0.3, -0.25) is 14.9 Å². The summed E-state index contributed by atoms with van der Waals surface area (Å²) in [6, 6.07) is 8.60. The second-order valence-electron chi connectivity index (χ2n) is 4.31. The van der Waals surface area contributed by atoms with Gasteiger partial charge in [0.25, 0.3) is 5.56 Å². The number of H-pyrrole nitrogens is 2. The molecule has 0 bridgehead atoms. The van der Waals surface area contributed by atoms with Gasteiger partial charge in [-0.25, -0.2) is 4.79 Å². The third-order valence-corrected chi connectivity index (χ3v) is 2.84. The van der Waals surface area contributed by atoms with Crippen molar-refractivity contribution in [3.63, 3.8) is 0 Å². The summed E-state index contributed by atoms with van der Waals surface area (Å²) < 4.78 is 5.27. The van der Waals surface area contributed by atoms with Crippen LogP contribution in [-0.2, 0) is 16.1 Å². The van der Waals surface area contributed by atoms with Gasteiger partial charge in [0.05, 0.1) is 0 Å². The van der Waals surface area contributed by atoms with Gasteiger partial charge in [-0.15, -0.1) is 5.10 Å². The highest BCUT2D eigenvalue weighted by Crippen LogP contribution is 2.03. The molecule has 0 saturated heterocycles. The number of rotatable bonds is 5. The van der Waals surface area contributed by atoms with Crippen LogP contribution in [0.1, 0.15) is 12.5 Å². The predicted molar refractivity (Wildman–Crippen MR) is 79.4 cm³/mol. The lowest BCUT2D eigenvalue weighted by molar-refractivity contribution is -0.145. The van der Waals surface area contributed by atoms with Gasteiger partial charge in [-0.1, -0.05) is 30.3 Å². The Morgan fingerprint density at radius 2 is 2.14 bits per heavy atom. The van der Waals surface area contributed by atoms with Crippen molar-refractivity contribution in [3.05, 3.63) is 51.0 Å². The average molecular weight is 306 g/mol. The summed E-state index contributed by atoms with van der Waals surface area (Å²) in [5.41, 5.74) is 0.388. The average Bonchev–Trinajstić information content (AvgIpc) is 2.48. The largest absolute Gasteiger partial charge is 0.459 e. The summed E-state index contributed by atoms with van der Waals surface area (Å²) in [5, 5.41) is 8.83. The van der Waals surface area contributed by atoms with Crippen molar-refractivity contribution in [1.82, 2.24) is 15.2 Å². The summed E-state index contributed by atoms with van der Waals surface area (Å²) in [7, 11) is 0. The summed E-state index contributed by atoms with van der Waals surface area (Å²) in [6.45, 7) is 1.75. The molecule has 1 atom stereocenters. The Hall–Kier alpha value is -2.48. The Morgan fingerprint density at radius 1 is 1.43 bits per heavy atom. The molecule has 0 aliphatic heterocycles. The highest BCUT2D eigenvalue weighted by atomic mass is 32.1. The molecule has 2 rings (SSSR count). The first-order valence-electron chi connectivity index (χ1n) is 6.22. The molecule has 0 amide bonds. The number of aromatic nitrogens is 3. The maximum atomic E-state index is 11.8. The third-order valence-electron chi connectivity index (χ3n) is 2.64. The summed E-state index contributed by atoms with van der Waals surface area (Å²) in [6.07, 6.45) is 0. The van der Waals surface area contributed by atoms with E-state index < -0.39 is 17.6 Å². The molecule has 110 valence electrons. The third kappa shape index (κ3) is 4.25. The van der Waals surface area contributed by atoms with Gasteiger partial charge in [-0.05, 0) is 24.7 Å². The number of hydrogen-bond donors (Lipinski definition) is 3. The molecular weight excluding hydrogens is 292 g/mol. The van der Waals surface area contributed by atoms with Crippen molar-refractivity contribution in [2.24, 2.45) is 0 Å². The van der Waals surface area contributed by atoms with E-state index in [2.05, 4.69) is 20.5 Å². The first kappa shape index (κ1) is 14.9.